The summed E-state index contributed by atoms with van der Waals surface area (Å²) in [6.45, 7) is 0.337. The number of rotatable bonds is 4. The fourth-order valence-corrected chi connectivity index (χ4v) is 2.69. The average molecular weight is 360 g/mol. The first-order chi connectivity index (χ1) is 12.4. The second-order valence-corrected chi connectivity index (χ2v) is 5.82. The number of nitrogens with zero attached hydrogens (tertiary/aromatic N) is 2. The number of hydrogen-bond donors (Lipinski definition) is 0. The summed E-state index contributed by atoms with van der Waals surface area (Å²) in [5, 5.41) is 1.12. The van der Waals surface area contributed by atoms with Crippen LogP contribution in [0.1, 0.15) is 16.8 Å². The first-order valence-corrected chi connectivity index (χ1v) is 7.94. The SMILES string of the molecule is Cn1c(C=NC/C=C/c2ccc(C(F)(F)F)c(F)c2)cc2ccccc21. The Morgan fingerprint density at radius 3 is 2.54 bits per heavy atom. The second kappa shape index (κ2) is 7.15. The summed E-state index contributed by atoms with van der Waals surface area (Å²) >= 11 is 0. The van der Waals surface area contributed by atoms with Gasteiger partial charge in [-0.2, -0.15) is 13.2 Å². The van der Waals surface area contributed by atoms with Gasteiger partial charge in [0.1, 0.15) is 5.82 Å². The van der Waals surface area contributed by atoms with Crippen molar-refractivity contribution in [2.75, 3.05) is 6.54 Å². The highest BCUT2D eigenvalue weighted by Crippen LogP contribution is 2.31. The molecule has 0 bridgehead atoms. The summed E-state index contributed by atoms with van der Waals surface area (Å²) in [7, 11) is 1.95. The molecule has 3 rings (SSSR count). The molecule has 0 unspecified atom stereocenters. The van der Waals surface area contributed by atoms with Crippen molar-refractivity contribution in [3.63, 3.8) is 0 Å². The fourth-order valence-electron chi connectivity index (χ4n) is 2.69. The van der Waals surface area contributed by atoms with Crippen molar-refractivity contribution in [3.8, 4) is 0 Å². The molecule has 1 heterocycles. The fraction of sp³-hybridized carbons (Fsp3) is 0.150. The summed E-state index contributed by atoms with van der Waals surface area (Å²) in [4.78, 5) is 4.29. The maximum atomic E-state index is 13.5. The van der Waals surface area contributed by atoms with Crippen LogP contribution in [-0.2, 0) is 13.2 Å². The Kier molecular flexibility index (Phi) is 4.93. The van der Waals surface area contributed by atoms with Crippen molar-refractivity contribution in [3.05, 3.63) is 77.2 Å². The van der Waals surface area contributed by atoms with Crippen LogP contribution in [0.5, 0.6) is 0 Å². The van der Waals surface area contributed by atoms with Gasteiger partial charge in [0, 0.05) is 24.2 Å². The van der Waals surface area contributed by atoms with Crippen molar-refractivity contribution in [1.82, 2.24) is 4.57 Å². The Morgan fingerprint density at radius 1 is 1.08 bits per heavy atom. The Labute approximate surface area is 148 Å². The molecule has 0 aliphatic heterocycles. The Bertz CT molecular complexity index is 981. The predicted octanol–water partition coefficient (Wildman–Crippen LogP) is 5.47. The molecule has 2 aromatic carbocycles. The zero-order chi connectivity index (χ0) is 18.7. The van der Waals surface area contributed by atoms with Crippen LogP contribution in [0.3, 0.4) is 0 Å². The van der Waals surface area contributed by atoms with Crippen molar-refractivity contribution < 1.29 is 17.6 Å². The highest BCUT2D eigenvalue weighted by Gasteiger charge is 2.33. The number of aliphatic imine (C=N–C) groups is 1. The van der Waals surface area contributed by atoms with Gasteiger partial charge in [0.2, 0.25) is 0 Å². The van der Waals surface area contributed by atoms with Crippen molar-refractivity contribution >= 4 is 23.2 Å². The number of para-hydroxylation sites is 1. The zero-order valence-electron chi connectivity index (χ0n) is 14.0. The molecule has 1 aromatic heterocycles. The molecule has 0 atom stereocenters. The van der Waals surface area contributed by atoms with Gasteiger partial charge in [-0.25, -0.2) is 4.39 Å². The number of hydrogen-bond acceptors (Lipinski definition) is 1. The van der Waals surface area contributed by atoms with E-state index in [2.05, 4.69) is 4.99 Å². The number of aromatic nitrogens is 1. The molecule has 0 aliphatic carbocycles. The standard InChI is InChI=1S/C20H16F4N2/c1-26-16(12-15-6-2-3-7-19(15)26)13-25-10-4-5-14-8-9-17(18(21)11-14)20(22,23)24/h2-9,11-13H,10H2,1H3/b5-4+,25-13?. The minimum atomic E-state index is -4.69. The summed E-state index contributed by atoms with van der Waals surface area (Å²) in [6.07, 6.45) is 0.260. The van der Waals surface area contributed by atoms with E-state index in [1.807, 2.05) is 41.9 Å². The number of fused-ring (bicyclic) bond motifs is 1. The van der Waals surface area contributed by atoms with Crippen LogP contribution in [-0.4, -0.2) is 17.3 Å². The molecule has 0 aliphatic rings. The van der Waals surface area contributed by atoms with Crippen LogP contribution in [0.15, 0.2) is 59.6 Å². The molecule has 0 amide bonds. The van der Waals surface area contributed by atoms with E-state index in [0.29, 0.717) is 12.1 Å². The zero-order valence-corrected chi connectivity index (χ0v) is 14.0. The van der Waals surface area contributed by atoms with Gasteiger partial charge in [-0.1, -0.05) is 36.4 Å². The summed E-state index contributed by atoms with van der Waals surface area (Å²) in [5.41, 5.74) is 1.14. The summed E-state index contributed by atoms with van der Waals surface area (Å²) in [6, 6.07) is 12.8. The van der Waals surface area contributed by atoms with Gasteiger partial charge in [-0.3, -0.25) is 4.99 Å². The first-order valence-electron chi connectivity index (χ1n) is 7.94. The van der Waals surface area contributed by atoms with Gasteiger partial charge < -0.3 is 4.57 Å². The Hall–Kier alpha value is -2.89. The first kappa shape index (κ1) is 17.9. The number of aryl methyl sites for hydroxylation is 1. The molecular weight excluding hydrogens is 344 g/mol. The number of alkyl halides is 3. The third-order valence-electron chi connectivity index (χ3n) is 4.03. The van der Waals surface area contributed by atoms with Crippen LogP contribution in [0.2, 0.25) is 0 Å². The van der Waals surface area contributed by atoms with Gasteiger partial charge in [-0.05, 0) is 29.8 Å². The minimum Gasteiger partial charge on any atom is -0.343 e. The van der Waals surface area contributed by atoms with Gasteiger partial charge in [0.25, 0.3) is 0 Å². The normalized spacial score (nSPS) is 12.7. The average Bonchev–Trinajstić information content (AvgIpc) is 2.90. The molecule has 6 heteroatoms. The topological polar surface area (TPSA) is 17.3 Å². The third kappa shape index (κ3) is 3.85. The molecule has 0 N–H and O–H groups in total. The van der Waals surface area contributed by atoms with Gasteiger partial charge in [0.05, 0.1) is 17.8 Å². The van der Waals surface area contributed by atoms with Gasteiger partial charge >= 0.3 is 6.18 Å². The van der Waals surface area contributed by atoms with E-state index in [1.54, 1.807) is 18.4 Å². The lowest BCUT2D eigenvalue weighted by Gasteiger charge is -2.07. The van der Waals surface area contributed by atoms with Crippen LogP contribution < -0.4 is 0 Å². The smallest absolute Gasteiger partial charge is 0.343 e. The molecule has 2 nitrogen and oxygen atoms in total. The Morgan fingerprint density at radius 2 is 1.85 bits per heavy atom. The lowest BCUT2D eigenvalue weighted by Crippen LogP contribution is -2.07. The van der Waals surface area contributed by atoms with E-state index in [9.17, 15) is 17.6 Å². The minimum absolute atomic E-state index is 0.337. The van der Waals surface area contributed by atoms with E-state index in [-0.39, 0.29) is 0 Å². The highest BCUT2D eigenvalue weighted by molar-refractivity contribution is 5.90. The largest absolute Gasteiger partial charge is 0.419 e. The molecule has 0 radical (unpaired) electrons. The van der Waals surface area contributed by atoms with Crippen LogP contribution in [0.25, 0.3) is 17.0 Å². The van der Waals surface area contributed by atoms with Gasteiger partial charge in [0.15, 0.2) is 0 Å². The van der Waals surface area contributed by atoms with Crippen molar-refractivity contribution in [2.24, 2.45) is 12.0 Å². The van der Waals surface area contributed by atoms with E-state index in [1.165, 1.54) is 6.07 Å². The second-order valence-electron chi connectivity index (χ2n) is 5.82. The molecule has 0 fully saturated rings. The third-order valence-corrected chi connectivity index (χ3v) is 4.03. The van der Waals surface area contributed by atoms with Crippen molar-refractivity contribution in [2.45, 2.75) is 6.18 Å². The molecule has 3 aromatic rings. The van der Waals surface area contributed by atoms with E-state index < -0.39 is 17.6 Å². The van der Waals surface area contributed by atoms with Crippen molar-refractivity contribution in [1.29, 1.82) is 0 Å². The molecule has 0 saturated heterocycles. The maximum absolute atomic E-state index is 13.5. The molecule has 0 saturated carbocycles. The van der Waals surface area contributed by atoms with Crippen LogP contribution in [0, 0.1) is 5.82 Å². The van der Waals surface area contributed by atoms with Crippen LogP contribution in [0.4, 0.5) is 17.6 Å². The predicted molar refractivity (Wildman–Crippen MR) is 95.8 cm³/mol. The summed E-state index contributed by atoms with van der Waals surface area (Å²) in [5.74, 6) is -1.28. The van der Waals surface area contributed by atoms with E-state index in [4.69, 9.17) is 0 Å². The maximum Gasteiger partial charge on any atom is 0.419 e. The lowest BCUT2D eigenvalue weighted by atomic mass is 10.1. The number of halogens is 4. The van der Waals surface area contributed by atoms with E-state index >= 15 is 0 Å². The monoisotopic (exact) mass is 360 g/mol. The molecule has 134 valence electrons. The van der Waals surface area contributed by atoms with Crippen LogP contribution >= 0.6 is 0 Å². The summed E-state index contributed by atoms with van der Waals surface area (Å²) < 4.78 is 53.1. The molecule has 26 heavy (non-hydrogen) atoms. The Balaban J connectivity index is 1.66. The van der Waals surface area contributed by atoms with Gasteiger partial charge in [-0.15, -0.1) is 0 Å². The lowest BCUT2D eigenvalue weighted by molar-refractivity contribution is -0.140. The highest BCUT2D eigenvalue weighted by atomic mass is 19.4. The quantitative estimate of drug-likeness (QED) is 0.434. The number of benzene rings is 2. The molecule has 0 spiro atoms. The van der Waals surface area contributed by atoms with E-state index in [0.717, 1.165) is 28.7 Å². The molecular formula is C20H16F4N2.